The van der Waals surface area contributed by atoms with Crippen molar-refractivity contribution in [1.82, 2.24) is 16.0 Å². The fourth-order valence-corrected chi connectivity index (χ4v) is 7.67. The first-order valence-corrected chi connectivity index (χ1v) is 21.3. The van der Waals surface area contributed by atoms with Crippen molar-refractivity contribution in [2.24, 2.45) is 5.92 Å². The molecule has 11 heteroatoms. The molecule has 0 bridgehead atoms. The Hall–Kier alpha value is -6.98. The van der Waals surface area contributed by atoms with Gasteiger partial charge in [-0.15, -0.1) is 13.2 Å². The van der Waals surface area contributed by atoms with Crippen LogP contribution in [0.2, 0.25) is 0 Å². The van der Waals surface area contributed by atoms with Crippen LogP contribution in [0.15, 0.2) is 159 Å². The summed E-state index contributed by atoms with van der Waals surface area (Å²) in [5, 5.41) is 18.6. The summed E-state index contributed by atoms with van der Waals surface area (Å²) in [6.07, 6.45) is 2.56. The van der Waals surface area contributed by atoms with Gasteiger partial charge in [-0.2, -0.15) is 0 Å². The van der Waals surface area contributed by atoms with Crippen LogP contribution >= 0.6 is 0 Å². The van der Waals surface area contributed by atoms with Crippen molar-refractivity contribution in [2.45, 2.75) is 62.8 Å². The first-order chi connectivity index (χ1) is 30.8. The molecule has 11 nitrogen and oxygen atoms in total. The van der Waals surface area contributed by atoms with Gasteiger partial charge < -0.3 is 35.3 Å². The first-order valence-electron chi connectivity index (χ1n) is 21.3. The standard InChI is InChI=1S/C52H55N3O8/c1-3-5-25-47(55-52(60)62-35-46-44-23-14-12-21-42(44)43-22-13-15-24-45(43)46)51(59)63-48(38-19-10-7-11-20-38)32-53-50(58)39(16-4-2)31-49(57)54-40(33-56)30-36-26-28-41(29-27-36)61-34-37-17-8-6-9-18-37/h3-4,6-15,17-24,26-29,39-40,46-48,56H,1-2,5,16,25,30-35H2,(H,53,58)(H,54,57)(H,55,60). The Morgan fingerprint density at radius 3 is 2.00 bits per heavy atom. The molecule has 4 unspecified atom stereocenters. The fourth-order valence-electron chi connectivity index (χ4n) is 7.67. The molecule has 0 radical (unpaired) electrons. The average molecular weight is 850 g/mol. The van der Waals surface area contributed by atoms with Gasteiger partial charge in [-0.1, -0.05) is 133 Å². The Labute approximate surface area is 369 Å². The Bertz CT molecular complexity index is 2250. The Kier molecular flexibility index (Phi) is 16.8. The topological polar surface area (TPSA) is 152 Å². The van der Waals surface area contributed by atoms with Crippen LogP contribution in [0.3, 0.4) is 0 Å². The minimum absolute atomic E-state index is 0.0752. The summed E-state index contributed by atoms with van der Waals surface area (Å²) in [5.74, 6) is -1.80. The molecule has 63 heavy (non-hydrogen) atoms. The van der Waals surface area contributed by atoms with E-state index in [0.717, 1.165) is 33.4 Å². The number of hydrogen-bond acceptors (Lipinski definition) is 8. The third-order valence-corrected chi connectivity index (χ3v) is 11.0. The van der Waals surface area contributed by atoms with Gasteiger partial charge in [-0.05, 0) is 76.8 Å². The van der Waals surface area contributed by atoms with Crippen LogP contribution in [-0.2, 0) is 36.9 Å². The minimum atomic E-state index is -1.07. The van der Waals surface area contributed by atoms with Gasteiger partial charge in [0.25, 0.3) is 0 Å². The van der Waals surface area contributed by atoms with Gasteiger partial charge in [0.15, 0.2) is 0 Å². The lowest BCUT2D eigenvalue weighted by Gasteiger charge is -2.24. The molecule has 6 rings (SSSR count). The fraction of sp³-hybridized carbons (Fsp3) is 0.269. The summed E-state index contributed by atoms with van der Waals surface area (Å²) in [6.45, 7) is 7.66. The maximum Gasteiger partial charge on any atom is 0.407 e. The molecule has 0 saturated heterocycles. The lowest BCUT2D eigenvalue weighted by Crippen LogP contribution is -2.44. The second-order valence-corrected chi connectivity index (χ2v) is 15.5. The molecule has 0 saturated carbocycles. The van der Waals surface area contributed by atoms with Crippen molar-refractivity contribution in [2.75, 3.05) is 19.8 Å². The second kappa shape index (κ2) is 23.3. The molecule has 0 aliphatic heterocycles. The number of hydrogen-bond donors (Lipinski definition) is 4. The van der Waals surface area contributed by atoms with E-state index in [1.54, 1.807) is 36.4 Å². The number of fused-ring (bicyclic) bond motifs is 3. The van der Waals surface area contributed by atoms with Crippen molar-refractivity contribution >= 4 is 23.9 Å². The van der Waals surface area contributed by atoms with Crippen LogP contribution in [-0.4, -0.2) is 60.8 Å². The molecule has 3 amide bonds. The van der Waals surface area contributed by atoms with Crippen LogP contribution < -0.4 is 20.7 Å². The molecule has 4 N–H and O–H groups in total. The molecule has 0 spiro atoms. The van der Waals surface area contributed by atoms with E-state index in [-0.39, 0.29) is 44.9 Å². The van der Waals surface area contributed by atoms with E-state index >= 15 is 0 Å². The quantitative estimate of drug-likeness (QED) is 0.0380. The zero-order chi connectivity index (χ0) is 44.4. The lowest BCUT2D eigenvalue weighted by atomic mass is 9.98. The number of carbonyl (C=O) groups is 4. The molecular weight excluding hydrogens is 795 g/mol. The summed E-state index contributed by atoms with van der Waals surface area (Å²) in [4.78, 5) is 54.0. The third-order valence-electron chi connectivity index (χ3n) is 11.0. The van der Waals surface area contributed by atoms with Crippen molar-refractivity contribution in [3.63, 3.8) is 0 Å². The molecule has 1 aliphatic carbocycles. The first kappa shape index (κ1) is 45.5. The van der Waals surface area contributed by atoms with Crippen molar-refractivity contribution in [3.8, 4) is 16.9 Å². The van der Waals surface area contributed by atoms with Gasteiger partial charge in [0, 0.05) is 12.3 Å². The SMILES string of the molecule is C=CCCC(NC(=O)OCC1c2ccccc2-c2ccccc21)C(=O)OC(CNC(=O)C(CC=C)CC(=O)NC(CO)Cc1ccc(OCc2ccccc2)cc1)c1ccccc1. The van der Waals surface area contributed by atoms with Gasteiger partial charge in [-0.3, -0.25) is 9.59 Å². The predicted octanol–water partition coefficient (Wildman–Crippen LogP) is 8.14. The number of carbonyl (C=O) groups excluding carboxylic acids is 4. The number of allylic oxidation sites excluding steroid dienone is 2. The van der Waals surface area contributed by atoms with Crippen LogP contribution in [0.25, 0.3) is 11.1 Å². The second-order valence-electron chi connectivity index (χ2n) is 15.5. The smallest absolute Gasteiger partial charge is 0.407 e. The number of benzene rings is 5. The van der Waals surface area contributed by atoms with Crippen LogP contribution in [0, 0.1) is 5.92 Å². The number of ether oxygens (including phenoxy) is 3. The molecule has 0 fully saturated rings. The summed E-state index contributed by atoms with van der Waals surface area (Å²) in [6, 6.07) is 40.7. The third kappa shape index (κ3) is 13.0. The summed E-state index contributed by atoms with van der Waals surface area (Å²) < 4.78 is 17.6. The normalized spacial score (nSPS) is 13.5. The molecule has 4 atom stereocenters. The summed E-state index contributed by atoms with van der Waals surface area (Å²) in [7, 11) is 0. The zero-order valence-corrected chi connectivity index (χ0v) is 35.3. The van der Waals surface area contributed by atoms with E-state index < -0.39 is 48.0 Å². The number of aliphatic hydroxyl groups is 1. The van der Waals surface area contributed by atoms with E-state index in [2.05, 4.69) is 41.2 Å². The van der Waals surface area contributed by atoms with Gasteiger partial charge >= 0.3 is 12.1 Å². The molecule has 5 aromatic rings. The maximum absolute atomic E-state index is 13.8. The number of rotatable bonds is 23. The van der Waals surface area contributed by atoms with Crippen LogP contribution in [0.4, 0.5) is 4.79 Å². The largest absolute Gasteiger partial charge is 0.489 e. The van der Waals surface area contributed by atoms with Gasteiger partial charge in [-0.25, -0.2) is 9.59 Å². The number of alkyl carbamates (subject to hydrolysis) is 1. The van der Waals surface area contributed by atoms with Crippen LogP contribution in [0.1, 0.15) is 65.5 Å². The van der Waals surface area contributed by atoms with Crippen LogP contribution in [0.5, 0.6) is 5.75 Å². The number of aliphatic hydroxyl groups excluding tert-OH is 1. The zero-order valence-electron chi connectivity index (χ0n) is 35.3. The van der Waals surface area contributed by atoms with E-state index in [1.165, 1.54) is 0 Å². The van der Waals surface area contributed by atoms with Crippen molar-refractivity contribution < 1.29 is 38.5 Å². The summed E-state index contributed by atoms with van der Waals surface area (Å²) >= 11 is 0. The molecule has 1 aliphatic rings. The highest BCUT2D eigenvalue weighted by Crippen LogP contribution is 2.44. The Morgan fingerprint density at radius 2 is 1.37 bits per heavy atom. The Balaban J connectivity index is 1.03. The summed E-state index contributed by atoms with van der Waals surface area (Å²) in [5.41, 5.74) is 6.90. The molecule has 0 heterocycles. The van der Waals surface area contributed by atoms with Gasteiger partial charge in [0.05, 0.1) is 25.1 Å². The average Bonchev–Trinajstić information content (AvgIpc) is 3.64. The molecular formula is C52H55N3O8. The molecule has 0 aromatic heterocycles. The monoisotopic (exact) mass is 849 g/mol. The highest BCUT2D eigenvalue weighted by Gasteiger charge is 2.31. The van der Waals surface area contributed by atoms with Crippen molar-refractivity contribution in [1.29, 1.82) is 0 Å². The van der Waals surface area contributed by atoms with Crippen molar-refractivity contribution in [3.05, 3.63) is 187 Å². The van der Waals surface area contributed by atoms with E-state index in [1.807, 2.05) is 97.1 Å². The maximum atomic E-state index is 13.8. The number of amides is 3. The number of nitrogens with one attached hydrogen (secondary N) is 3. The van der Waals surface area contributed by atoms with E-state index in [4.69, 9.17) is 14.2 Å². The highest BCUT2D eigenvalue weighted by molar-refractivity contribution is 5.86. The highest BCUT2D eigenvalue weighted by atomic mass is 16.6. The molecule has 5 aromatic carbocycles. The van der Waals surface area contributed by atoms with E-state index in [9.17, 15) is 24.3 Å². The van der Waals surface area contributed by atoms with E-state index in [0.29, 0.717) is 30.8 Å². The predicted molar refractivity (Wildman–Crippen MR) is 243 cm³/mol. The Morgan fingerprint density at radius 1 is 0.730 bits per heavy atom. The van der Waals surface area contributed by atoms with Gasteiger partial charge in [0.1, 0.15) is 31.1 Å². The van der Waals surface area contributed by atoms with Gasteiger partial charge in [0.2, 0.25) is 11.8 Å². The lowest BCUT2D eigenvalue weighted by molar-refractivity contribution is -0.152. The minimum Gasteiger partial charge on any atom is -0.489 e. The molecule has 326 valence electrons. The number of esters is 1.